The zero-order valence-electron chi connectivity index (χ0n) is 10.4. The summed E-state index contributed by atoms with van der Waals surface area (Å²) in [7, 11) is 0. The molecular formula is C14H14N4. The maximum Gasteiger partial charge on any atom is 0.119 e. The molecule has 0 saturated carbocycles. The van der Waals surface area contributed by atoms with Gasteiger partial charge in [-0.15, -0.1) is 5.10 Å². The lowest BCUT2D eigenvalue weighted by Gasteiger charge is -2.11. The van der Waals surface area contributed by atoms with Crippen LogP contribution in [0.2, 0.25) is 0 Å². The Morgan fingerprint density at radius 2 is 1.94 bits per heavy atom. The number of hydrogen-bond donors (Lipinski definition) is 0. The minimum atomic E-state index is 0.302. The lowest BCUT2D eigenvalue weighted by atomic mass is 10.1. The molecule has 0 aliphatic rings. The molecule has 4 nitrogen and oxygen atoms in total. The Morgan fingerprint density at radius 1 is 1.11 bits per heavy atom. The van der Waals surface area contributed by atoms with Crippen LogP contribution in [-0.4, -0.2) is 20.0 Å². The van der Waals surface area contributed by atoms with Gasteiger partial charge in [0.25, 0.3) is 0 Å². The number of nitrogens with zero attached hydrogens (tertiary/aromatic N) is 4. The highest BCUT2D eigenvalue weighted by Gasteiger charge is 2.12. The minimum Gasteiger partial charge on any atom is -0.261 e. The summed E-state index contributed by atoms with van der Waals surface area (Å²) < 4.78 is 1.97. The van der Waals surface area contributed by atoms with E-state index in [9.17, 15) is 0 Å². The molecule has 0 unspecified atom stereocenters. The van der Waals surface area contributed by atoms with Crippen molar-refractivity contribution in [1.29, 1.82) is 0 Å². The van der Waals surface area contributed by atoms with Gasteiger partial charge in [-0.3, -0.25) is 4.68 Å². The maximum absolute atomic E-state index is 4.35. The molecule has 90 valence electrons. The van der Waals surface area contributed by atoms with E-state index in [0.29, 0.717) is 6.04 Å². The van der Waals surface area contributed by atoms with Gasteiger partial charge in [-0.1, -0.05) is 24.3 Å². The smallest absolute Gasteiger partial charge is 0.119 e. The Morgan fingerprint density at radius 3 is 2.78 bits per heavy atom. The monoisotopic (exact) mass is 238 g/mol. The van der Waals surface area contributed by atoms with Crippen molar-refractivity contribution in [2.45, 2.75) is 19.9 Å². The van der Waals surface area contributed by atoms with E-state index in [2.05, 4.69) is 35.2 Å². The van der Waals surface area contributed by atoms with Gasteiger partial charge >= 0.3 is 0 Å². The first-order chi connectivity index (χ1) is 8.77. The van der Waals surface area contributed by atoms with Crippen LogP contribution in [0.15, 0.2) is 42.7 Å². The Bertz CT molecular complexity index is 680. The van der Waals surface area contributed by atoms with Crippen LogP contribution in [0.5, 0.6) is 0 Å². The first kappa shape index (κ1) is 10.9. The molecule has 0 saturated heterocycles. The van der Waals surface area contributed by atoms with Crippen LogP contribution in [0, 0.1) is 0 Å². The number of rotatable bonds is 2. The number of fused-ring (bicyclic) bond motifs is 1. The maximum atomic E-state index is 4.35. The van der Waals surface area contributed by atoms with Crippen LogP contribution >= 0.6 is 0 Å². The third kappa shape index (κ3) is 1.66. The molecule has 3 aromatic rings. The van der Waals surface area contributed by atoms with Gasteiger partial charge < -0.3 is 0 Å². The molecule has 0 N–H and O–H groups in total. The fourth-order valence-corrected chi connectivity index (χ4v) is 2.13. The van der Waals surface area contributed by atoms with E-state index < -0.39 is 0 Å². The molecule has 3 rings (SSSR count). The van der Waals surface area contributed by atoms with Crippen molar-refractivity contribution in [3.05, 3.63) is 42.7 Å². The SMILES string of the molecule is CC(C)n1nccc1-c1nncc2ccccc12. The van der Waals surface area contributed by atoms with Gasteiger partial charge in [0.15, 0.2) is 0 Å². The molecule has 0 aliphatic carbocycles. The molecule has 2 heterocycles. The Hall–Kier alpha value is -2.23. The van der Waals surface area contributed by atoms with Gasteiger partial charge in [0.1, 0.15) is 5.69 Å². The van der Waals surface area contributed by atoms with Crippen LogP contribution in [-0.2, 0) is 0 Å². The van der Waals surface area contributed by atoms with Crippen molar-refractivity contribution >= 4 is 10.8 Å². The Kier molecular flexibility index (Phi) is 2.55. The first-order valence-electron chi connectivity index (χ1n) is 6.01. The summed E-state index contributed by atoms with van der Waals surface area (Å²) in [6.07, 6.45) is 3.59. The van der Waals surface area contributed by atoms with Gasteiger partial charge in [0, 0.05) is 23.0 Å². The zero-order chi connectivity index (χ0) is 12.5. The number of hydrogen-bond acceptors (Lipinski definition) is 3. The van der Waals surface area contributed by atoms with E-state index in [-0.39, 0.29) is 0 Å². The van der Waals surface area contributed by atoms with E-state index in [0.717, 1.165) is 22.2 Å². The molecule has 0 amide bonds. The normalized spacial score (nSPS) is 11.3. The molecule has 0 radical (unpaired) electrons. The molecule has 0 aliphatic heterocycles. The summed E-state index contributed by atoms with van der Waals surface area (Å²) in [4.78, 5) is 0. The van der Waals surface area contributed by atoms with Gasteiger partial charge in [-0.2, -0.15) is 10.2 Å². The topological polar surface area (TPSA) is 43.6 Å². The average molecular weight is 238 g/mol. The van der Waals surface area contributed by atoms with Gasteiger partial charge in [-0.25, -0.2) is 0 Å². The van der Waals surface area contributed by atoms with Crippen molar-refractivity contribution < 1.29 is 0 Å². The van der Waals surface area contributed by atoms with E-state index in [1.54, 1.807) is 12.4 Å². The minimum absolute atomic E-state index is 0.302. The predicted molar refractivity (Wildman–Crippen MR) is 71.1 cm³/mol. The largest absolute Gasteiger partial charge is 0.261 e. The van der Waals surface area contributed by atoms with Crippen LogP contribution < -0.4 is 0 Å². The first-order valence-corrected chi connectivity index (χ1v) is 6.01. The fourth-order valence-electron chi connectivity index (χ4n) is 2.13. The molecule has 0 atom stereocenters. The Balaban J connectivity index is 2.28. The van der Waals surface area contributed by atoms with Crippen LogP contribution in [0.4, 0.5) is 0 Å². The summed E-state index contributed by atoms with van der Waals surface area (Å²) in [5.41, 5.74) is 1.90. The van der Waals surface area contributed by atoms with Crippen LogP contribution in [0.25, 0.3) is 22.2 Å². The third-order valence-electron chi connectivity index (χ3n) is 2.97. The molecule has 18 heavy (non-hydrogen) atoms. The summed E-state index contributed by atoms with van der Waals surface area (Å²) in [6, 6.07) is 10.4. The summed E-state index contributed by atoms with van der Waals surface area (Å²) >= 11 is 0. The average Bonchev–Trinajstić information content (AvgIpc) is 2.87. The van der Waals surface area contributed by atoms with Crippen LogP contribution in [0.1, 0.15) is 19.9 Å². The summed E-state index contributed by atoms with van der Waals surface area (Å²) in [5, 5.41) is 14.9. The van der Waals surface area contributed by atoms with Gasteiger partial charge in [-0.05, 0) is 19.9 Å². The van der Waals surface area contributed by atoms with Gasteiger partial charge in [0.2, 0.25) is 0 Å². The second-order valence-corrected chi connectivity index (χ2v) is 4.54. The summed E-state index contributed by atoms with van der Waals surface area (Å²) in [5.74, 6) is 0. The molecular weight excluding hydrogens is 224 g/mol. The molecule has 2 aromatic heterocycles. The van der Waals surface area contributed by atoms with E-state index in [4.69, 9.17) is 0 Å². The lowest BCUT2D eigenvalue weighted by Crippen LogP contribution is -2.05. The summed E-state index contributed by atoms with van der Waals surface area (Å²) in [6.45, 7) is 4.21. The predicted octanol–water partition coefficient (Wildman–Crippen LogP) is 3.07. The highest BCUT2D eigenvalue weighted by molar-refractivity contribution is 5.92. The molecule has 0 spiro atoms. The van der Waals surface area contributed by atoms with Gasteiger partial charge in [0.05, 0.1) is 11.9 Å². The van der Waals surface area contributed by atoms with Crippen molar-refractivity contribution in [3.8, 4) is 11.4 Å². The van der Waals surface area contributed by atoms with Crippen molar-refractivity contribution in [3.63, 3.8) is 0 Å². The quantitative estimate of drug-likeness (QED) is 0.689. The van der Waals surface area contributed by atoms with Crippen LogP contribution in [0.3, 0.4) is 0 Å². The highest BCUT2D eigenvalue weighted by Crippen LogP contribution is 2.26. The number of aromatic nitrogens is 4. The van der Waals surface area contributed by atoms with E-state index >= 15 is 0 Å². The fraction of sp³-hybridized carbons (Fsp3) is 0.214. The third-order valence-corrected chi connectivity index (χ3v) is 2.97. The standard InChI is InChI=1S/C14H14N4/c1-10(2)18-13(7-8-16-18)14-12-6-4-3-5-11(12)9-15-17-14/h3-10H,1-2H3. The molecule has 0 fully saturated rings. The van der Waals surface area contributed by atoms with E-state index in [1.165, 1.54) is 0 Å². The second kappa shape index (κ2) is 4.22. The molecule has 1 aromatic carbocycles. The second-order valence-electron chi connectivity index (χ2n) is 4.54. The zero-order valence-corrected chi connectivity index (χ0v) is 10.4. The highest BCUT2D eigenvalue weighted by atomic mass is 15.3. The Labute approximate surface area is 105 Å². The lowest BCUT2D eigenvalue weighted by molar-refractivity contribution is 0.537. The molecule has 4 heteroatoms. The number of benzene rings is 1. The van der Waals surface area contributed by atoms with Crippen molar-refractivity contribution in [1.82, 2.24) is 20.0 Å². The van der Waals surface area contributed by atoms with Crippen molar-refractivity contribution in [2.75, 3.05) is 0 Å². The van der Waals surface area contributed by atoms with E-state index in [1.807, 2.05) is 28.9 Å². The molecule has 0 bridgehead atoms. The van der Waals surface area contributed by atoms with Crippen molar-refractivity contribution in [2.24, 2.45) is 0 Å².